The number of nitrogens with zero attached hydrogens (tertiary/aromatic N) is 4. The monoisotopic (exact) mass is 1680 g/mol. The van der Waals surface area contributed by atoms with Crippen molar-refractivity contribution in [2.75, 3.05) is 46.0 Å². The fourth-order valence-electron chi connectivity index (χ4n) is 16.7. The fourth-order valence-corrected chi connectivity index (χ4v) is 17.6. The Labute approximate surface area is 692 Å². The molecule has 3 aliphatic carbocycles. The van der Waals surface area contributed by atoms with E-state index in [9.17, 15) is 60.4 Å². The number of phosphoric ester groups is 1. The van der Waals surface area contributed by atoms with Gasteiger partial charge in [0.1, 0.15) is 103 Å². The van der Waals surface area contributed by atoms with E-state index in [4.69, 9.17) is 61.2 Å². The molecule has 8 N–H and O–H groups in total. The Bertz CT molecular complexity index is 3190. The summed E-state index contributed by atoms with van der Waals surface area (Å²) < 4.78 is 98.1. The molecule has 4 aliphatic heterocycles. The first-order valence-corrected chi connectivity index (χ1v) is 45.7. The zero-order valence-corrected chi connectivity index (χ0v) is 71.8. The van der Waals surface area contributed by atoms with Gasteiger partial charge in [-0.3, -0.25) is 29.1 Å². The number of alkyl carbamates (subject to hydrolysis) is 1. The van der Waals surface area contributed by atoms with Crippen LogP contribution in [0.25, 0.3) is 10.4 Å². The van der Waals surface area contributed by atoms with Crippen LogP contribution in [-0.2, 0) is 75.3 Å². The number of carbonyl (C=O) groups excluding carboxylic acids is 4. The number of aliphatic hydroxyl groups is 5. The number of quaternary nitrogens is 1. The number of nitro groups is 1. The molecule has 8 rings (SSSR count). The van der Waals surface area contributed by atoms with Gasteiger partial charge in [0.2, 0.25) is 0 Å². The van der Waals surface area contributed by atoms with Crippen LogP contribution < -0.4 is 20.4 Å². The number of nitro benzene ring substituents is 1. The topological polar surface area (TPSA) is 450 Å². The molecule has 18 atom stereocenters. The van der Waals surface area contributed by atoms with Gasteiger partial charge in [-0.15, -0.1) is 0 Å². The van der Waals surface area contributed by atoms with Crippen LogP contribution in [-0.4, -0.2) is 222 Å². The smallest absolute Gasteiger partial charge is 0.408 e. The van der Waals surface area contributed by atoms with Gasteiger partial charge in [0.25, 0.3) is 19.4 Å². The Hall–Kier alpha value is -4.84. The maximum atomic E-state index is 15.1. The molecule has 33 nitrogen and oxygen atoms in total. The highest BCUT2D eigenvalue weighted by atomic mass is 31.2. The van der Waals surface area contributed by atoms with Gasteiger partial charge >= 0.3 is 18.0 Å². The summed E-state index contributed by atoms with van der Waals surface area (Å²) in [5.41, 5.74) is 6.51. The van der Waals surface area contributed by atoms with Gasteiger partial charge < -0.3 is 107 Å². The molecule has 3 saturated carbocycles. The summed E-state index contributed by atoms with van der Waals surface area (Å²) in [5, 5.41) is 77.2. The van der Waals surface area contributed by atoms with E-state index in [2.05, 4.69) is 55.3 Å². The van der Waals surface area contributed by atoms with Crippen molar-refractivity contribution in [1.82, 2.24) is 10.6 Å². The SMILES string of the molecule is CCCCCCCCCCCCCCCC(=O)OC[C@H](COP(=O)([O-])O[C@H]1[C@H](O[C@H]2O[C@H](CNC(=O)c3cc(N=[N+]=[N-])ccc3[N+](=O)[O-])[C@@H](O[C@H]3O[C@H](CO)[C@@H](O)[C@H](O)[C@@H]3O)[C@H](O)[C@H]2NC(=O)OC(C)(C)C)[C@H]2OC3(CCCCC3)O[C@@H]2[C@H]2OC3(CCCCC3)O[C@H]21)OC(=O)CCCCCCCCCCCCCCC.CC[NH+](CC)CC. The molecule has 4 saturated heterocycles. The van der Waals surface area contributed by atoms with Crippen LogP contribution in [0, 0.1) is 10.1 Å². The number of esters is 2. The third kappa shape index (κ3) is 32.1. The number of phosphoric acid groups is 1. The highest BCUT2D eigenvalue weighted by Gasteiger charge is 2.69. The Morgan fingerprint density at radius 1 is 0.624 bits per heavy atom. The van der Waals surface area contributed by atoms with Crippen molar-refractivity contribution in [3.8, 4) is 0 Å². The molecule has 670 valence electrons. The summed E-state index contributed by atoms with van der Waals surface area (Å²) in [6, 6.07) is 1.07. The van der Waals surface area contributed by atoms with Crippen molar-refractivity contribution in [3.63, 3.8) is 0 Å². The van der Waals surface area contributed by atoms with Crippen molar-refractivity contribution < 1.29 is 125 Å². The van der Waals surface area contributed by atoms with Gasteiger partial charge in [0.05, 0.1) is 37.8 Å². The number of rotatable bonds is 50. The summed E-state index contributed by atoms with van der Waals surface area (Å²) >= 11 is 0. The zero-order valence-electron chi connectivity index (χ0n) is 70.9. The largest absolute Gasteiger partial charge is 0.756 e. The predicted molar refractivity (Wildman–Crippen MR) is 429 cm³/mol. The number of carbonyl (C=O) groups is 4. The molecule has 4 heterocycles. The standard InChI is InChI=1S/C77H127N6O26P.C6H15N/c1-6-8-10-12-14-16-18-20-22-24-26-28-32-38-57(85)97-49-52(99-58(86)39-33-29-27-25-23-21-19-17-15-13-11-9-7-2)50-98-110(95,96)109-70-65(66-67(105-76(104-66)42-34-30-35-43-76)68-69(70)107-77(106-68)44-36-31-37-45-77)103-72-59(80-74(92)108-75(3,4)5)61(88)64(102-73-63(90)62(89)60(87)56(48-84)101-73)55(100-72)47-79-71(91)53-46-51(81-82-78)40-41-54(53)83(93)94;1-4-7(5-2)6-3/h40-41,46,52,55-56,59-70,72-73,84,87-90H,6-39,42-45,47-50H2,1-5H3,(H,79,91)(H,80,92)(H,95,96);4-6H2,1-3H3/t52-,55-,56-,59-,60-,61-,62+,63+,64-,65-,66-,67+,68-,69-,70+,72-,73-;/m1./s1. The van der Waals surface area contributed by atoms with Gasteiger partial charge in [-0.05, 0) is 97.7 Å². The third-order valence-electron chi connectivity index (χ3n) is 23.3. The molecule has 0 aromatic heterocycles. The molecule has 7 fully saturated rings. The summed E-state index contributed by atoms with van der Waals surface area (Å²) in [6.07, 6.45) is 5.47. The molecule has 2 amide bonds. The average Bonchev–Trinajstić information content (AvgIpc) is 1.56. The molecule has 1 aromatic carbocycles. The van der Waals surface area contributed by atoms with E-state index < -0.39 is 196 Å². The van der Waals surface area contributed by atoms with Crippen LogP contribution in [0.2, 0.25) is 0 Å². The summed E-state index contributed by atoms with van der Waals surface area (Å²) in [5.74, 6) is -5.01. The Kier molecular flexibility index (Phi) is 43.5. The van der Waals surface area contributed by atoms with E-state index in [0.29, 0.717) is 64.2 Å². The van der Waals surface area contributed by atoms with Crippen LogP contribution in [0.3, 0.4) is 0 Å². The lowest BCUT2D eigenvalue weighted by Crippen LogP contribution is -3.11. The first kappa shape index (κ1) is 99.3. The van der Waals surface area contributed by atoms with Crippen LogP contribution in [0.15, 0.2) is 23.3 Å². The lowest BCUT2D eigenvalue weighted by Gasteiger charge is -2.50. The number of azide groups is 1. The van der Waals surface area contributed by atoms with Crippen molar-refractivity contribution in [3.05, 3.63) is 44.3 Å². The predicted octanol–water partition coefficient (Wildman–Crippen LogP) is 11.9. The van der Waals surface area contributed by atoms with Crippen LogP contribution in [0.1, 0.15) is 310 Å². The summed E-state index contributed by atoms with van der Waals surface area (Å²) in [4.78, 5) is 86.7. The highest BCUT2D eigenvalue weighted by molar-refractivity contribution is 7.45. The van der Waals surface area contributed by atoms with E-state index in [0.717, 1.165) is 88.8 Å². The summed E-state index contributed by atoms with van der Waals surface area (Å²) in [7, 11) is -5.79. The van der Waals surface area contributed by atoms with E-state index in [-0.39, 0.29) is 18.5 Å². The molecular weight excluding hydrogens is 1540 g/mol. The number of hydrogen-bond acceptors (Lipinski definition) is 27. The second-order valence-corrected chi connectivity index (χ2v) is 35.0. The lowest BCUT2D eigenvalue weighted by atomic mass is 9.84. The minimum Gasteiger partial charge on any atom is -0.756 e. The maximum absolute atomic E-state index is 15.1. The quantitative estimate of drug-likeness (QED) is 0.00346. The number of benzene rings is 1. The Morgan fingerprint density at radius 2 is 1.09 bits per heavy atom. The second-order valence-electron chi connectivity index (χ2n) is 33.6. The third-order valence-corrected chi connectivity index (χ3v) is 24.2. The first-order valence-electron chi connectivity index (χ1n) is 44.3. The summed E-state index contributed by atoms with van der Waals surface area (Å²) in [6.45, 7) is 16.4. The van der Waals surface area contributed by atoms with Crippen LogP contribution in [0.5, 0.6) is 0 Å². The number of amides is 2. The number of ether oxygens (including phenoxy) is 11. The number of fused-ring (bicyclic) bond motifs is 3. The minimum atomic E-state index is -5.79. The van der Waals surface area contributed by atoms with Crippen LogP contribution >= 0.6 is 7.82 Å². The molecule has 34 heteroatoms. The number of hydrogen-bond donors (Lipinski definition) is 8. The Balaban J connectivity index is 0.00000258. The average molecular weight is 1690 g/mol. The van der Waals surface area contributed by atoms with Gasteiger partial charge in [0, 0.05) is 61.7 Å². The molecule has 1 unspecified atom stereocenters. The lowest BCUT2D eigenvalue weighted by molar-refractivity contribution is -0.894. The minimum absolute atomic E-state index is 0.00704. The van der Waals surface area contributed by atoms with Gasteiger partial charge in [0.15, 0.2) is 30.3 Å². The Morgan fingerprint density at radius 3 is 1.56 bits per heavy atom. The molecule has 117 heavy (non-hydrogen) atoms. The van der Waals surface area contributed by atoms with Gasteiger partial charge in [-0.2, -0.15) is 0 Å². The molecule has 0 radical (unpaired) electrons. The maximum Gasteiger partial charge on any atom is 0.408 e. The zero-order chi connectivity index (χ0) is 85.0. The van der Waals surface area contributed by atoms with E-state index in [1.807, 2.05) is 0 Å². The number of unbranched alkanes of at least 4 members (excludes halogenated alkanes) is 24. The second kappa shape index (κ2) is 51.3. The van der Waals surface area contributed by atoms with Crippen molar-refractivity contribution in [2.24, 2.45) is 5.11 Å². The normalized spacial score (nSPS) is 28.0. The van der Waals surface area contributed by atoms with Gasteiger partial charge in [-0.25, -0.2) is 4.79 Å². The highest BCUT2D eigenvalue weighted by Crippen LogP contribution is 2.56. The number of aliphatic hydroxyl groups excluding tert-OH is 5. The molecular formula is C83H142N7O26P. The van der Waals surface area contributed by atoms with Crippen LogP contribution in [0.4, 0.5) is 16.2 Å². The van der Waals surface area contributed by atoms with Gasteiger partial charge in [-0.1, -0.05) is 186 Å². The van der Waals surface area contributed by atoms with Crippen molar-refractivity contribution in [2.45, 2.75) is 421 Å². The molecule has 7 aliphatic rings. The van der Waals surface area contributed by atoms with Crippen molar-refractivity contribution in [1.29, 1.82) is 0 Å². The molecule has 0 bridgehead atoms. The first-order chi connectivity index (χ1) is 56.2. The van der Waals surface area contributed by atoms with Crippen molar-refractivity contribution >= 4 is 43.1 Å². The number of nitrogens with one attached hydrogen (secondary N) is 3. The van der Waals surface area contributed by atoms with E-state index in [1.54, 1.807) is 25.7 Å². The molecule has 1 aromatic rings. The van der Waals surface area contributed by atoms with E-state index >= 15 is 9.46 Å². The fraction of sp³-hybridized carbons (Fsp3) is 0.880. The molecule has 2 spiro atoms. The van der Waals surface area contributed by atoms with E-state index in [1.165, 1.54) is 116 Å².